The van der Waals surface area contributed by atoms with E-state index in [1.807, 2.05) is 0 Å². The molecule has 1 atom stereocenters. The number of nitro groups is 1. The first-order valence-electron chi connectivity index (χ1n) is 6.27. The molecule has 21 heavy (non-hydrogen) atoms. The second kappa shape index (κ2) is 6.98. The van der Waals surface area contributed by atoms with E-state index in [9.17, 15) is 19.3 Å². The molecule has 0 fully saturated rings. The minimum Gasteiger partial charge on any atom is -0.484 e. The standard InChI is InChI=1S/C13H17FN2O5/c1-4-20-12(17)13(2,15-3)8-21-11-7-9(14)5-6-10(11)16(18)19/h5-7,15H,4,8H2,1-3H3. The lowest BCUT2D eigenvalue weighted by atomic mass is 10.1. The molecule has 0 radical (unpaired) electrons. The zero-order chi connectivity index (χ0) is 16.0. The molecule has 1 N–H and O–H groups in total. The Morgan fingerprint density at radius 1 is 1.52 bits per heavy atom. The number of rotatable bonds is 7. The Kier molecular flexibility index (Phi) is 5.60. The molecule has 0 bridgehead atoms. The van der Waals surface area contributed by atoms with Crippen molar-refractivity contribution in [1.29, 1.82) is 0 Å². The molecular formula is C13H17FN2O5. The van der Waals surface area contributed by atoms with Crippen molar-refractivity contribution >= 4 is 11.7 Å². The lowest BCUT2D eigenvalue weighted by Crippen LogP contribution is -2.53. The fourth-order valence-corrected chi connectivity index (χ4v) is 1.50. The molecule has 0 aliphatic carbocycles. The van der Waals surface area contributed by atoms with E-state index in [1.54, 1.807) is 6.92 Å². The lowest BCUT2D eigenvalue weighted by Gasteiger charge is -2.26. The van der Waals surface area contributed by atoms with Crippen molar-refractivity contribution < 1.29 is 23.6 Å². The van der Waals surface area contributed by atoms with Gasteiger partial charge in [-0.15, -0.1) is 0 Å². The Bertz CT molecular complexity index is 537. The van der Waals surface area contributed by atoms with Gasteiger partial charge in [0.1, 0.15) is 18.0 Å². The second-order valence-corrected chi connectivity index (χ2v) is 4.46. The molecule has 116 valence electrons. The van der Waals surface area contributed by atoms with Crippen molar-refractivity contribution in [2.75, 3.05) is 20.3 Å². The molecule has 1 rings (SSSR count). The zero-order valence-electron chi connectivity index (χ0n) is 12.0. The summed E-state index contributed by atoms with van der Waals surface area (Å²) in [4.78, 5) is 22.0. The Morgan fingerprint density at radius 3 is 2.71 bits per heavy atom. The Balaban J connectivity index is 2.93. The van der Waals surface area contributed by atoms with Crippen LogP contribution in [0, 0.1) is 15.9 Å². The smallest absolute Gasteiger partial charge is 0.329 e. The number of hydrogen-bond acceptors (Lipinski definition) is 6. The number of carbonyl (C=O) groups excluding carboxylic acids is 1. The number of nitrogens with one attached hydrogen (secondary N) is 1. The highest BCUT2D eigenvalue weighted by Crippen LogP contribution is 2.28. The number of likely N-dealkylation sites (N-methyl/N-ethyl adjacent to an activating group) is 1. The van der Waals surface area contributed by atoms with Crippen LogP contribution in [0.4, 0.5) is 10.1 Å². The molecule has 0 aromatic heterocycles. The van der Waals surface area contributed by atoms with Gasteiger partial charge in [-0.1, -0.05) is 0 Å². The highest BCUT2D eigenvalue weighted by molar-refractivity contribution is 5.80. The number of ether oxygens (including phenoxy) is 2. The summed E-state index contributed by atoms with van der Waals surface area (Å²) in [5.74, 6) is -1.48. The maximum absolute atomic E-state index is 13.2. The van der Waals surface area contributed by atoms with Crippen molar-refractivity contribution in [2.24, 2.45) is 0 Å². The molecule has 0 aliphatic rings. The number of nitro benzene ring substituents is 1. The maximum Gasteiger partial charge on any atom is 0.329 e. The minimum atomic E-state index is -1.20. The monoisotopic (exact) mass is 300 g/mol. The number of carbonyl (C=O) groups is 1. The third-order valence-corrected chi connectivity index (χ3v) is 2.91. The van der Waals surface area contributed by atoms with Gasteiger partial charge in [0, 0.05) is 12.1 Å². The number of benzene rings is 1. The van der Waals surface area contributed by atoms with Gasteiger partial charge in [-0.3, -0.25) is 10.1 Å². The maximum atomic E-state index is 13.2. The number of nitrogens with zero attached hydrogens (tertiary/aromatic N) is 1. The minimum absolute atomic E-state index is 0.191. The summed E-state index contributed by atoms with van der Waals surface area (Å²) in [5, 5.41) is 13.6. The van der Waals surface area contributed by atoms with Gasteiger partial charge in [0.15, 0.2) is 5.75 Å². The van der Waals surface area contributed by atoms with Gasteiger partial charge in [0.2, 0.25) is 0 Å². The van der Waals surface area contributed by atoms with Gasteiger partial charge in [-0.05, 0) is 27.0 Å². The Hall–Kier alpha value is -2.22. The largest absolute Gasteiger partial charge is 0.484 e. The molecule has 1 unspecified atom stereocenters. The highest BCUT2D eigenvalue weighted by Gasteiger charge is 2.35. The van der Waals surface area contributed by atoms with Crippen molar-refractivity contribution in [3.8, 4) is 5.75 Å². The van der Waals surface area contributed by atoms with Crippen LogP contribution in [-0.4, -0.2) is 36.7 Å². The van der Waals surface area contributed by atoms with Crippen LogP contribution >= 0.6 is 0 Å². The molecule has 1 aromatic rings. The highest BCUT2D eigenvalue weighted by atomic mass is 19.1. The van der Waals surface area contributed by atoms with Crippen LogP contribution in [0.2, 0.25) is 0 Å². The average molecular weight is 300 g/mol. The fraction of sp³-hybridized carbons (Fsp3) is 0.462. The predicted molar refractivity (Wildman–Crippen MR) is 72.6 cm³/mol. The van der Waals surface area contributed by atoms with Crippen LogP contribution in [0.25, 0.3) is 0 Å². The van der Waals surface area contributed by atoms with Gasteiger partial charge in [0.05, 0.1) is 11.5 Å². The molecule has 7 nitrogen and oxygen atoms in total. The van der Waals surface area contributed by atoms with Gasteiger partial charge in [0.25, 0.3) is 0 Å². The van der Waals surface area contributed by atoms with Crippen LogP contribution in [0.3, 0.4) is 0 Å². The van der Waals surface area contributed by atoms with Crippen molar-refractivity contribution in [3.63, 3.8) is 0 Å². The number of hydrogen-bond donors (Lipinski definition) is 1. The first-order chi connectivity index (χ1) is 9.84. The van der Waals surface area contributed by atoms with E-state index in [0.29, 0.717) is 0 Å². The summed E-state index contributed by atoms with van der Waals surface area (Å²) in [5.41, 5.74) is -1.57. The van der Waals surface area contributed by atoms with E-state index >= 15 is 0 Å². The molecule has 1 aromatic carbocycles. The topological polar surface area (TPSA) is 90.7 Å². The SMILES string of the molecule is CCOC(=O)C(C)(COc1cc(F)ccc1[N+](=O)[O-])NC. The fourth-order valence-electron chi connectivity index (χ4n) is 1.50. The van der Waals surface area contributed by atoms with E-state index in [2.05, 4.69) is 5.32 Å². The molecule has 0 heterocycles. The first-order valence-corrected chi connectivity index (χ1v) is 6.27. The zero-order valence-corrected chi connectivity index (χ0v) is 12.0. The number of esters is 1. The third-order valence-electron chi connectivity index (χ3n) is 2.91. The van der Waals surface area contributed by atoms with E-state index < -0.39 is 22.2 Å². The van der Waals surface area contributed by atoms with Crippen molar-refractivity contribution in [2.45, 2.75) is 19.4 Å². The molecule has 0 saturated heterocycles. The Morgan fingerprint density at radius 2 is 2.19 bits per heavy atom. The van der Waals surface area contributed by atoms with Gasteiger partial charge in [-0.25, -0.2) is 9.18 Å². The first kappa shape index (κ1) is 16.8. The molecule has 0 aliphatic heterocycles. The van der Waals surface area contributed by atoms with Crippen LogP contribution in [-0.2, 0) is 9.53 Å². The number of halogens is 1. The molecular weight excluding hydrogens is 283 g/mol. The molecule has 0 spiro atoms. The van der Waals surface area contributed by atoms with Crippen molar-refractivity contribution in [3.05, 3.63) is 34.1 Å². The van der Waals surface area contributed by atoms with E-state index in [4.69, 9.17) is 9.47 Å². The molecule has 0 saturated carbocycles. The summed E-state index contributed by atoms with van der Waals surface area (Å²) >= 11 is 0. The predicted octanol–water partition coefficient (Wildman–Crippen LogP) is 1.65. The summed E-state index contributed by atoms with van der Waals surface area (Å²) < 4.78 is 23.3. The van der Waals surface area contributed by atoms with E-state index in [-0.39, 0.29) is 24.7 Å². The third kappa shape index (κ3) is 4.12. The molecule has 0 amide bonds. The van der Waals surface area contributed by atoms with Crippen LogP contribution in [0.1, 0.15) is 13.8 Å². The van der Waals surface area contributed by atoms with E-state index in [1.165, 1.54) is 14.0 Å². The average Bonchev–Trinajstić information content (AvgIpc) is 2.44. The van der Waals surface area contributed by atoms with E-state index in [0.717, 1.165) is 18.2 Å². The van der Waals surface area contributed by atoms with Crippen LogP contribution in [0.5, 0.6) is 5.75 Å². The molecule has 8 heteroatoms. The van der Waals surface area contributed by atoms with Gasteiger partial charge in [-0.2, -0.15) is 0 Å². The van der Waals surface area contributed by atoms with Crippen LogP contribution < -0.4 is 10.1 Å². The summed E-state index contributed by atoms with van der Waals surface area (Å²) in [6, 6.07) is 2.87. The van der Waals surface area contributed by atoms with Gasteiger partial charge >= 0.3 is 11.7 Å². The summed E-state index contributed by atoms with van der Waals surface area (Å²) in [7, 11) is 1.53. The normalized spacial score (nSPS) is 13.3. The Labute approximate surface area is 121 Å². The lowest BCUT2D eigenvalue weighted by molar-refractivity contribution is -0.386. The quantitative estimate of drug-likeness (QED) is 0.468. The summed E-state index contributed by atoms with van der Waals surface area (Å²) in [6.45, 7) is 3.13. The van der Waals surface area contributed by atoms with Gasteiger partial charge < -0.3 is 14.8 Å². The van der Waals surface area contributed by atoms with Crippen molar-refractivity contribution in [1.82, 2.24) is 5.32 Å². The second-order valence-electron chi connectivity index (χ2n) is 4.46. The van der Waals surface area contributed by atoms with Crippen LogP contribution in [0.15, 0.2) is 18.2 Å². The summed E-state index contributed by atoms with van der Waals surface area (Å²) in [6.07, 6.45) is 0.